The maximum Gasteiger partial charge on any atom is 0.0466 e. The Labute approximate surface area is 204 Å². The van der Waals surface area contributed by atoms with E-state index in [1.54, 1.807) is 0 Å². The first-order chi connectivity index (χ1) is 15.9. The Bertz CT molecular complexity index is 275. The van der Waals surface area contributed by atoms with Crippen molar-refractivity contribution in [1.82, 2.24) is 0 Å². The summed E-state index contributed by atoms with van der Waals surface area (Å²) in [6, 6.07) is 0. The molecule has 0 radical (unpaired) electrons. The lowest BCUT2D eigenvalue weighted by molar-refractivity contribution is 0.0991. The maximum absolute atomic E-state index is 5.78. The molecular weight excluding hydrogens is 392 g/mol. The predicted molar refractivity (Wildman–Crippen MR) is 144 cm³/mol. The molecule has 2 nitrogen and oxygen atoms in total. The van der Waals surface area contributed by atoms with E-state index >= 15 is 0 Å². The van der Waals surface area contributed by atoms with Crippen LogP contribution in [0, 0.1) is 0 Å². The topological polar surface area (TPSA) is 18.5 Å². The molecule has 0 aliphatic rings. The molecule has 0 atom stereocenters. The monoisotopic (exact) mass is 454 g/mol. The van der Waals surface area contributed by atoms with E-state index in [4.69, 9.17) is 9.47 Å². The summed E-state index contributed by atoms with van der Waals surface area (Å²) >= 11 is 0. The first-order valence-electron chi connectivity index (χ1n) is 15.1. The quantitative estimate of drug-likeness (QED) is 0.105. The van der Waals surface area contributed by atoms with Gasteiger partial charge in [-0.05, 0) is 25.7 Å². The fraction of sp³-hybridized carbons (Fsp3) is 1.00. The second-order valence-electron chi connectivity index (χ2n) is 10.0. The van der Waals surface area contributed by atoms with E-state index in [1.807, 2.05) is 0 Å². The van der Waals surface area contributed by atoms with Gasteiger partial charge >= 0.3 is 0 Å². The van der Waals surface area contributed by atoms with Crippen molar-refractivity contribution >= 4 is 0 Å². The molecule has 0 rings (SSSR count). The first-order valence-corrected chi connectivity index (χ1v) is 15.1. The smallest absolute Gasteiger partial charge is 0.0466 e. The number of hydrogen-bond donors (Lipinski definition) is 0. The molecule has 0 aliphatic heterocycles. The third kappa shape index (κ3) is 29.9. The standard InChI is InChI=1S/C30H62O2/c1-3-5-7-9-11-13-15-17-19-21-23-27-31-29-25-26-30-32-28-24-22-20-18-16-14-12-10-8-6-4-2/h3-30H2,1-2H3. The van der Waals surface area contributed by atoms with Crippen LogP contribution in [0.2, 0.25) is 0 Å². The Hall–Kier alpha value is -0.0800. The molecular formula is C30H62O2. The summed E-state index contributed by atoms with van der Waals surface area (Å²) in [5.74, 6) is 0. The summed E-state index contributed by atoms with van der Waals surface area (Å²) in [6.45, 7) is 8.32. The van der Waals surface area contributed by atoms with Crippen molar-refractivity contribution < 1.29 is 9.47 Å². The lowest BCUT2D eigenvalue weighted by Gasteiger charge is -2.06. The van der Waals surface area contributed by atoms with Gasteiger partial charge in [-0.25, -0.2) is 0 Å². The summed E-state index contributed by atoms with van der Waals surface area (Å²) < 4.78 is 11.6. The van der Waals surface area contributed by atoms with Gasteiger partial charge in [0.1, 0.15) is 0 Å². The molecule has 0 fully saturated rings. The van der Waals surface area contributed by atoms with E-state index in [1.165, 1.54) is 141 Å². The lowest BCUT2D eigenvalue weighted by atomic mass is 10.1. The number of unbranched alkanes of at least 4 members (excludes halogenated alkanes) is 21. The van der Waals surface area contributed by atoms with Gasteiger partial charge in [-0.2, -0.15) is 0 Å². The van der Waals surface area contributed by atoms with Gasteiger partial charge in [0.15, 0.2) is 0 Å². The molecule has 0 heterocycles. The van der Waals surface area contributed by atoms with E-state index in [0.717, 1.165) is 39.3 Å². The highest BCUT2D eigenvalue weighted by Crippen LogP contribution is 2.12. The Morgan fingerprint density at radius 3 is 0.688 bits per heavy atom. The Morgan fingerprint density at radius 2 is 0.438 bits per heavy atom. The van der Waals surface area contributed by atoms with E-state index in [9.17, 15) is 0 Å². The third-order valence-corrected chi connectivity index (χ3v) is 6.61. The second kappa shape index (κ2) is 30.9. The van der Waals surface area contributed by atoms with Crippen molar-refractivity contribution in [3.63, 3.8) is 0 Å². The Morgan fingerprint density at radius 1 is 0.250 bits per heavy atom. The fourth-order valence-electron chi connectivity index (χ4n) is 4.35. The van der Waals surface area contributed by atoms with Crippen LogP contribution < -0.4 is 0 Å². The van der Waals surface area contributed by atoms with Crippen molar-refractivity contribution in [3.8, 4) is 0 Å². The summed E-state index contributed by atoms with van der Waals surface area (Å²) in [6.07, 6.45) is 33.1. The molecule has 32 heavy (non-hydrogen) atoms. The molecule has 0 aromatic heterocycles. The number of ether oxygens (including phenoxy) is 2. The molecule has 2 heteroatoms. The average Bonchev–Trinajstić information content (AvgIpc) is 2.81. The highest BCUT2D eigenvalue weighted by Gasteiger charge is 1.96. The minimum atomic E-state index is 0.916. The normalized spacial score (nSPS) is 11.4. The van der Waals surface area contributed by atoms with Crippen LogP contribution in [0.3, 0.4) is 0 Å². The highest BCUT2D eigenvalue weighted by molar-refractivity contribution is 4.49. The maximum atomic E-state index is 5.78. The fourth-order valence-corrected chi connectivity index (χ4v) is 4.35. The number of hydrogen-bond acceptors (Lipinski definition) is 2. The molecule has 0 aromatic rings. The minimum absolute atomic E-state index is 0.916. The molecule has 0 aromatic carbocycles. The van der Waals surface area contributed by atoms with E-state index in [-0.39, 0.29) is 0 Å². The van der Waals surface area contributed by atoms with Gasteiger partial charge in [0.25, 0.3) is 0 Å². The second-order valence-corrected chi connectivity index (χ2v) is 10.0. The van der Waals surface area contributed by atoms with Crippen molar-refractivity contribution in [2.45, 2.75) is 168 Å². The minimum Gasteiger partial charge on any atom is -0.381 e. The highest BCUT2D eigenvalue weighted by atomic mass is 16.5. The van der Waals surface area contributed by atoms with Gasteiger partial charge in [0, 0.05) is 26.4 Å². The van der Waals surface area contributed by atoms with Crippen molar-refractivity contribution in [2.24, 2.45) is 0 Å². The predicted octanol–water partition coefficient (Wildman–Crippen LogP) is 10.4. The molecule has 194 valence electrons. The van der Waals surface area contributed by atoms with Gasteiger partial charge in [-0.15, -0.1) is 0 Å². The van der Waals surface area contributed by atoms with E-state index < -0.39 is 0 Å². The van der Waals surface area contributed by atoms with Crippen LogP contribution in [-0.2, 0) is 9.47 Å². The third-order valence-electron chi connectivity index (χ3n) is 6.61. The van der Waals surface area contributed by atoms with E-state index in [0.29, 0.717) is 0 Å². The first kappa shape index (κ1) is 31.9. The molecule has 0 N–H and O–H groups in total. The molecule has 0 unspecified atom stereocenters. The van der Waals surface area contributed by atoms with Crippen molar-refractivity contribution in [1.29, 1.82) is 0 Å². The molecule has 0 aliphatic carbocycles. The molecule has 0 spiro atoms. The zero-order valence-electron chi connectivity index (χ0n) is 22.6. The van der Waals surface area contributed by atoms with Crippen LogP contribution in [-0.4, -0.2) is 26.4 Å². The summed E-state index contributed by atoms with van der Waals surface area (Å²) in [5.41, 5.74) is 0. The van der Waals surface area contributed by atoms with Gasteiger partial charge in [0.2, 0.25) is 0 Å². The molecule has 0 saturated heterocycles. The van der Waals surface area contributed by atoms with Gasteiger partial charge < -0.3 is 9.47 Å². The Kier molecular flexibility index (Phi) is 30.8. The molecule has 0 saturated carbocycles. The van der Waals surface area contributed by atoms with Crippen LogP contribution in [0.4, 0.5) is 0 Å². The van der Waals surface area contributed by atoms with Crippen LogP contribution >= 0.6 is 0 Å². The van der Waals surface area contributed by atoms with Crippen molar-refractivity contribution in [2.75, 3.05) is 26.4 Å². The molecule has 0 bridgehead atoms. The van der Waals surface area contributed by atoms with Gasteiger partial charge in [-0.3, -0.25) is 0 Å². The Balaban J connectivity index is 2.98. The lowest BCUT2D eigenvalue weighted by Crippen LogP contribution is -2.01. The van der Waals surface area contributed by atoms with Gasteiger partial charge in [-0.1, -0.05) is 142 Å². The average molecular weight is 455 g/mol. The van der Waals surface area contributed by atoms with Crippen LogP contribution in [0.5, 0.6) is 0 Å². The van der Waals surface area contributed by atoms with Gasteiger partial charge in [0.05, 0.1) is 0 Å². The van der Waals surface area contributed by atoms with Crippen LogP contribution in [0.1, 0.15) is 168 Å². The van der Waals surface area contributed by atoms with E-state index in [2.05, 4.69) is 13.8 Å². The molecule has 0 amide bonds. The SMILES string of the molecule is CCCCCCCCCCCCCOCCCCOCCCCCCCCCCCCC. The largest absolute Gasteiger partial charge is 0.381 e. The summed E-state index contributed by atoms with van der Waals surface area (Å²) in [7, 11) is 0. The summed E-state index contributed by atoms with van der Waals surface area (Å²) in [4.78, 5) is 0. The van der Waals surface area contributed by atoms with Crippen molar-refractivity contribution in [3.05, 3.63) is 0 Å². The number of rotatable bonds is 29. The van der Waals surface area contributed by atoms with Crippen LogP contribution in [0.25, 0.3) is 0 Å². The van der Waals surface area contributed by atoms with Crippen LogP contribution in [0.15, 0.2) is 0 Å². The summed E-state index contributed by atoms with van der Waals surface area (Å²) in [5, 5.41) is 0. The zero-order valence-corrected chi connectivity index (χ0v) is 22.6. The zero-order chi connectivity index (χ0) is 23.2.